The summed E-state index contributed by atoms with van der Waals surface area (Å²) in [5, 5.41) is 0. The van der Waals surface area contributed by atoms with Gasteiger partial charge in [-0.3, -0.25) is 4.79 Å². The van der Waals surface area contributed by atoms with Gasteiger partial charge in [-0.25, -0.2) is 9.97 Å². The standard InChI is InChI=1S/C23H30N4O2/c1-15-21(18-7-3-4-8-20(18)29-15)23(28)27-10-5-6-16(14-27)22-24-12-17-13-26(2)11-9-19(17)25-22/h12,16H,3-11,13-14H2,1-2H3/t16-/m0/s1. The van der Waals surface area contributed by atoms with Gasteiger partial charge in [0.2, 0.25) is 0 Å². The SMILES string of the molecule is Cc1oc2c(c1C(=O)N1CCC[C@H](c3ncc4c(n3)CCN(C)C4)C1)CCCC2. The molecule has 5 rings (SSSR count). The molecular formula is C23H30N4O2. The molecule has 2 aromatic heterocycles. The zero-order chi connectivity index (χ0) is 20.0. The van der Waals surface area contributed by atoms with Crippen molar-refractivity contribution < 1.29 is 9.21 Å². The topological polar surface area (TPSA) is 62.5 Å². The first kappa shape index (κ1) is 18.8. The lowest BCUT2D eigenvalue weighted by atomic mass is 9.92. The number of amides is 1. The van der Waals surface area contributed by atoms with Crippen LogP contribution in [0.2, 0.25) is 0 Å². The van der Waals surface area contributed by atoms with Gasteiger partial charge < -0.3 is 14.2 Å². The van der Waals surface area contributed by atoms with Gasteiger partial charge >= 0.3 is 0 Å². The minimum atomic E-state index is 0.138. The van der Waals surface area contributed by atoms with Crippen molar-refractivity contribution in [3.05, 3.63) is 45.9 Å². The van der Waals surface area contributed by atoms with E-state index in [0.29, 0.717) is 6.54 Å². The number of hydrogen-bond acceptors (Lipinski definition) is 5. The summed E-state index contributed by atoms with van der Waals surface area (Å²) in [6.07, 6.45) is 9.26. The highest BCUT2D eigenvalue weighted by atomic mass is 16.3. The van der Waals surface area contributed by atoms with Crippen molar-refractivity contribution in [2.75, 3.05) is 26.7 Å². The predicted molar refractivity (Wildman–Crippen MR) is 110 cm³/mol. The van der Waals surface area contributed by atoms with E-state index in [9.17, 15) is 4.79 Å². The maximum atomic E-state index is 13.4. The van der Waals surface area contributed by atoms with E-state index in [0.717, 1.165) is 93.1 Å². The summed E-state index contributed by atoms with van der Waals surface area (Å²) in [5.41, 5.74) is 4.42. The van der Waals surface area contributed by atoms with E-state index in [4.69, 9.17) is 14.4 Å². The fourth-order valence-electron chi connectivity index (χ4n) is 5.18. The molecule has 29 heavy (non-hydrogen) atoms. The van der Waals surface area contributed by atoms with Crippen LogP contribution in [0.3, 0.4) is 0 Å². The summed E-state index contributed by atoms with van der Waals surface area (Å²) >= 11 is 0. The van der Waals surface area contributed by atoms with E-state index in [1.165, 1.54) is 11.3 Å². The molecule has 0 bridgehead atoms. The molecule has 1 aliphatic carbocycles. The number of hydrogen-bond donors (Lipinski definition) is 0. The third-order valence-electron chi connectivity index (χ3n) is 6.78. The van der Waals surface area contributed by atoms with E-state index < -0.39 is 0 Å². The van der Waals surface area contributed by atoms with Crippen molar-refractivity contribution in [2.45, 2.75) is 64.3 Å². The van der Waals surface area contributed by atoms with Crippen molar-refractivity contribution in [1.29, 1.82) is 0 Å². The Morgan fingerprint density at radius 3 is 2.93 bits per heavy atom. The second-order valence-electron chi connectivity index (χ2n) is 8.92. The number of aromatic nitrogens is 2. The number of aryl methyl sites for hydroxylation is 2. The minimum Gasteiger partial charge on any atom is -0.465 e. The van der Waals surface area contributed by atoms with Gasteiger partial charge in [-0.05, 0) is 46.1 Å². The Labute approximate surface area is 172 Å². The molecule has 6 heteroatoms. The minimum absolute atomic E-state index is 0.138. The summed E-state index contributed by atoms with van der Waals surface area (Å²) in [5.74, 6) is 3.10. The Morgan fingerprint density at radius 1 is 1.17 bits per heavy atom. The number of nitrogens with zero attached hydrogens (tertiary/aromatic N) is 4. The van der Waals surface area contributed by atoms with Crippen molar-refractivity contribution in [1.82, 2.24) is 19.8 Å². The molecule has 0 spiro atoms. The van der Waals surface area contributed by atoms with Gasteiger partial charge in [0, 0.05) is 68.0 Å². The van der Waals surface area contributed by atoms with Gasteiger partial charge in [0.05, 0.1) is 5.56 Å². The highest BCUT2D eigenvalue weighted by molar-refractivity contribution is 5.97. The molecular weight excluding hydrogens is 364 g/mol. The number of likely N-dealkylation sites (tertiary alicyclic amines) is 1. The van der Waals surface area contributed by atoms with Crippen molar-refractivity contribution in [2.24, 2.45) is 0 Å². The molecule has 1 fully saturated rings. The molecule has 0 aromatic carbocycles. The molecule has 2 aliphatic heterocycles. The Morgan fingerprint density at radius 2 is 2.03 bits per heavy atom. The fraction of sp³-hybridized carbons (Fsp3) is 0.609. The van der Waals surface area contributed by atoms with E-state index in [2.05, 4.69) is 11.9 Å². The number of likely N-dealkylation sites (N-methyl/N-ethyl adjacent to an activating group) is 1. The van der Waals surface area contributed by atoms with Crippen LogP contribution in [0.1, 0.15) is 76.1 Å². The fourth-order valence-corrected chi connectivity index (χ4v) is 5.18. The van der Waals surface area contributed by atoms with E-state index in [1.54, 1.807) is 0 Å². The zero-order valence-corrected chi connectivity index (χ0v) is 17.5. The molecule has 1 amide bonds. The molecule has 154 valence electrons. The number of piperidine rings is 1. The molecule has 1 saturated heterocycles. The normalized spacial score (nSPS) is 22.3. The number of furan rings is 1. The van der Waals surface area contributed by atoms with Crippen LogP contribution in [0.4, 0.5) is 0 Å². The van der Waals surface area contributed by atoms with Crippen molar-refractivity contribution in [3.8, 4) is 0 Å². The van der Waals surface area contributed by atoms with Gasteiger partial charge in [-0.15, -0.1) is 0 Å². The van der Waals surface area contributed by atoms with Crippen LogP contribution < -0.4 is 0 Å². The average Bonchev–Trinajstić information content (AvgIpc) is 3.08. The van der Waals surface area contributed by atoms with E-state index in [-0.39, 0.29) is 11.8 Å². The monoisotopic (exact) mass is 394 g/mol. The predicted octanol–water partition coefficient (Wildman–Crippen LogP) is 3.26. The van der Waals surface area contributed by atoms with Crippen LogP contribution in [0.5, 0.6) is 0 Å². The van der Waals surface area contributed by atoms with Crippen LogP contribution in [-0.4, -0.2) is 52.4 Å². The first-order valence-electron chi connectivity index (χ1n) is 11.0. The number of carbonyl (C=O) groups excluding carboxylic acids is 1. The van der Waals surface area contributed by atoms with Crippen LogP contribution >= 0.6 is 0 Å². The summed E-state index contributed by atoms with van der Waals surface area (Å²) in [7, 11) is 2.14. The summed E-state index contributed by atoms with van der Waals surface area (Å²) in [6, 6.07) is 0. The number of carbonyl (C=O) groups is 1. The summed E-state index contributed by atoms with van der Waals surface area (Å²) in [6.45, 7) is 5.43. The van der Waals surface area contributed by atoms with Gasteiger partial charge in [0.1, 0.15) is 17.3 Å². The molecule has 6 nitrogen and oxygen atoms in total. The highest BCUT2D eigenvalue weighted by Gasteiger charge is 2.32. The zero-order valence-electron chi connectivity index (χ0n) is 17.5. The first-order chi connectivity index (χ1) is 14.1. The van der Waals surface area contributed by atoms with Crippen LogP contribution in [0, 0.1) is 6.92 Å². The smallest absolute Gasteiger partial charge is 0.257 e. The molecule has 0 N–H and O–H groups in total. The lowest BCUT2D eigenvalue weighted by Gasteiger charge is -2.33. The number of fused-ring (bicyclic) bond motifs is 2. The first-order valence-corrected chi connectivity index (χ1v) is 11.0. The summed E-state index contributed by atoms with van der Waals surface area (Å²) in [4.78, 5) is 27.4. The Hall–Kier alpha value is -2.21. The molecule has 0 radical (unpaired) electrons. The molecule has 4 heterocycles. The largest absolute Gasteiger partial charge is 0.465 e. The third kappa shape index (κ3) is 3.48. The Kier molecular flexibility index (Phi) is 4.90. The van der Waals surface area contributed by atoms with Crippen molar-refractivity contribution in [3.63, 3.8) is 0 Å². The maximum Gasteiger partial charge on any atom is 0.257 e. The quantitative estimate of drug-likeness (QED) is 0.782. The van der Waals surface area contributed by atoms with Crippen LogP contribution in [-0.2, 0) is 25.8 Å². The van der Waals surface area contributed by atoms with Gasteiger partial charge in [-0.2, -0.15) is 0 Å². The maximum absolute atomic E-state index is 13.4. The van der Waals surface area contributed by atoms with E-state index in [1.807, 2.05) is 18.0 Å². The Bertz CT molecular complexity index is 935. The Balaban J connectivity index is 1.36. The van der Waals surface area contributed by atoms with Gasteiger partial charge in [0.15, 0.2) is 0 Å². The lowest BCUT2D eigenvalue weighted by molar-refractivity contribution is 0.0701. The summed E-state index contributed by atoms with van der Waals surface area (Å²) < 4.78 is 5.96. The lowest BCUT2D eigenvalue weighted by Crippen LogP contribution is -2.40. The second-order valence-corrected chi connectivity index (χ2v) is 8.92. The molecule has 3 aliphatic rings. The molecule has 0 unspecified atom stereocenters. The van der Waals surface area contributed by atoms with Crippen LogP contribution in [0.25, 0.3) is 0 Å². The third-order valence-corrected chi connectivity index (χ3v) is 6.78. The second kappa shape index (κ2) is 7.56. The highest BCUT2D eigenvalue weighted by Crippen LogP contribution is 2.33. The van der Waals surface area contributed by atoms with Crippen molar-refractivity contribution >= 4 is 5.91 Å². The van der Waals surface area contributed by atoms with Gasteiger partial charge in [-0.1, -0.05) is 0 Å². The number of rotatable bonds is 2. The molecule has 1 atom stereocenters. The average molecular weight is 395 g/mol. The molecule has 2 aromatic rings. The molecule has 0 saturated carbocycles. The van der Waals surface area contributed by atoms with Crippen LogP contribution in [0.15, 0.2) is 10.6 Å². The van der Waals surface area contributed by atoms with Gasteiger partial charge in [0.25, 0.3) is 5.91 Å². The van der Waals surface area contributed by atoms with E-state index >= 15 is 0 Å².